The largest absolute Gasteiger partial charge is 0.354 e. The Labute approximate surface area is 95.8 Å². The summed E-state index contributed by atoms with van der Waals surface area (Å²) in [5.74, 6) is 0. The van der Waals surface area contributed by atoms with Gasteiger partial charge in [-0.15, -0.1) is 0 Å². The van der Waals surface area contributed by atoms with Gasteiger partial charge in [0.05, 0.1) is 18.1 Å². The highest BCUT2D eigenvalue weighted by Gasteiger charge is 2.25. The van der Waals surface area contributed by atoms with Gasteiger partial charge in [0.15, 0.2) is 0 Å². The molecule has 3 rings (SSSR count). The van der Waals surface area contributed by atoms with Gasteiger partial charge in [-0.3, -0.25) is 0 Å². The van der Waals surface area contributed by atoms with E-state index in [-0.39, 0.29) is 0 Å². The Hall–Kier alpha value is -1.96. The minimum atomic E-state index is 0.931. The van der Waals surface area contributed by atoms with Crippen molar-refractivity contribution >= 4 is 5.70 Å². The van der Waals surface area contributed by atoms with Crippen molar-refractivity contribution in [1.29, 1.82) is 0 Å². The van der Waals surface area contributed by atoms with Crippen molar-refractivity contribution in [3.8, 4) is 0 Å². The lowest BCUT2D eigenvalue weighted by Crippen LogP contribution is -2.20. The summed E-state index contributed by atoms with van der Waals surface area (Å²) in [7, 11) is 2.13. The molecule has 0 amide bonds. The summed E-state index contributed by atoms with van der Waals surface area (Å²) in [5, 5.41) is 0. The fraction of sp³-hybridized carbons (Fsp3) is 0.143. The minimum absolute atomic E-state index is 0.931. The van der Waals surface area contributed by atoms with E-state index < -0.39 is 0 Å². The molecule has 0 N–H and O–H groups in total. The van der Waals surface area contributed by atoms with Crippen LogP contribution in [0.5, 0.6) is 0 Å². The van der Waals surface area contributed by atoms with Crippen molar-refractivity contribution in [2.45, 2.75) is 0 Å². The first-order valence-electron chi connectivity index (χ1n) is 5.48. The van der Waals surface area contributed by atoms with Crippen molar-refractivity contribution < 1.29 is 0 Å². The Kier molecular flexibility index (Phi) is 2.07. The maximum absolute atomic E-state index is 2.28. The molecule has 0 aromatic heterocycles. The standard InChI is InChI=1S/C14H14N2/c1-15-11-16-10-6-5-9-13(16)14(15)12-7-3-2-4-8-12/h2-10H,11H2,1H3. The number of hydrogen-bond donors (Lipinski definition) is 0. The van der Waals surface area contributed by atoms with E-state index in [4.69, 9.17) is 0 Å². The molecule has 1 aromatic rings. The molecule has 2 heterocycles. The molecule has 0 atom stereocenters. The lowest BCUT2D eigenvalue weighted by atomic mass is 10.1. The van der Waals surface area contributed by atoms with Gasteiger partial charge in [-0.25, -0.2) is 0 Å². The van der Waals surface area contributed by atoms with Crippen LogP contribution in [0.25, 0.3) is 5.70 Å². The van der Waals surface area contributed by atoms with E-state index in [1.54, 1.807) is 0 Å². The average molecular weight is 210 g/mol. The molecule has 0 spiro atoms. The predicted octanol–water partition coefficient (Wildman–Crippen LogP) is 2.64. The molecule has 1 aromatic carbocycles. The van der Waals surface area contributed by atoms with Gasteiger partial charge < -0.3 is 9.80 Å². The second kappa shape index (κ2) is 3.56. The Morgan fingerprint density at radius 3 is 2.69 bits per heavy atom. The van der Waals surface area contributed by atoms with Crippen LogP contribution in [0.2, 0.25) is 0 Å². The van der Waals surface area contributed by atoms with Crippen LogP contribution >= 0.6 is 0 Å². The highest BCUT2D eigenvalue weighted by atomic mass is 15.4. The number of allylic oxidation sites excluding steroid dienone is 3. The van der Waals surface area contributed by atoms with E-state index in [0.29, 0.717) is 0 Å². The van der Waals surface area contributed by atoms with Gasteiger partial charge in [0.2, 0.25) is 0 Å². The molecule has 80 valence electrons. The molecule has 16 heavy (non-hydrogen) atoms. The zero-order valence-corrected chi connectivity index (χ0v) is 9.30. The van der Waals surface area contributed by atoms with Crippen molar-refractivity contribution in [3.05, 3.63) is 66.0 Å². The summed E-state index contributed by atoms with van der Waals surface area (Å²) >= 11 is 0. The first-order valence-corrected chi connectivity index (χ1v) is 5.48. The molecule has 0 unspecified atom stereocenters. The van der Waals surface area contributed by atoms with E-state index in [9.17, 15) is 0 Å². The Morgan fingerprint density at radius 1 is 1.06 bits per heavy atom. The third kappa shape index (κ3) is 1.34. The third-order valence-corrected chi connectivity index (χ3v) is 2.98. The smallest absolute Gasteiger partial charge is 0.0944 e. The van der Waals surface area contributed by atoms with Crippen LogP contribution in [-0.2, 0) is 0 Å². The summed E-state index contributed by atoms with van der Waals surface area (Å²) < 4.78 is 0. The van der Waals surface area contributed by atoms with Crippen LogP contribution in [-0.4, -0.2) is 23.5 Å². The monoisotopic (exact) mass is 210 g/mol. The van der Waals surface area contributed by atoms with Crippen molar-refractivity contribution in [1.82, 2.24) is 9.80 Å². The van der Waals surface area contributed by atoms with Gasteiger partial charge in [-0.2, -0.15) is 0 Å². The number of benzene rings is 1. The van der Waals surface area contributed by atoms with E-state index in [1.165, 1.54) is 17.0 Å². The van der Waals surface area contributed by atoms with E-state index >= 15 is 0 Å². The number of hydrogen-bond acceptors (Lipinski definition) is 2. The van der Waals surface area contributed by atoms with Crippen molar-refractivity contribution in [2.75, 3.05) is 13.7 Å². The van der Waals surface area contributed by atoms with Crippen LogP contribution in [0.4, 0.5) is 0 Å². The topological polar surface area (TPSA) is 6.48 Å². The van der Waals surface area contributed by atoms with Crippen LogP contribution < -0.4 is 0 Å². The number of rotatable bonds is 1. The molecule has 2 heteroatoms. The Morgan fingerprint density at radius 2 is 1.88 bits per heavy atom. The van der Waals surface area contributed by atoms with Crippen LogP contribution in [0.15, 0.2) is 60.5 Å². The maximum Gasteiger partial charge on any atom is 0.0944 e. The maximum atomic E-state index is 2.28. The number of nitrogens with zero attached hydrogens (tertiary/aromatic N) is 2. The molecule has 2 nitrogen and oxygen atoms in total. The molecular formula is C14H14N2. The summed E-state index contributed by atoms with van der Waals surface area (Å²) in [6, 6.07) is 10.5. The molecule has 0 bridgehead atoms. The fourth-order valence-corrected chi connectivity index (χ4v) is 2.27. The van der Waals surface area contributed by atoms with E-state index in [1.807, 2.05) is 0 Å². The molecule has 2 aliphatic heterocycles. The molecule has 0 saturated carbocycles. The zero-order valence-electron chi connectivity index (χ0n) is 9.30. The van der Waals surface area contributed by atoms with Crippen LogP contribution in [0, 0.1) is 0 Å². The second-order valence-corrected chi connectivity index (χ2v) is 4.11. The predicted molar refractivity (Wildman–Crippen MR) is 66.1 cm³/mol. The second-order valence-electron chi connectivity index (χ2n) is 4.11. The normalized spacial score (nSPS) is 18.3. The average Bonchev–Trinajstić information content (AvgIpc) is 2.66. The summed E-state index contributed by atoms with van der Waals surface area (Å²) in [5.41, 5.74) is 3.87. The molecule has 0 radical (unpaired) electrons. The Balaban J connectivity index is 2.12. The zero-order chi connectivity index (χ0) is 11.0. The van der Waals surface area contributed by atoms with Gasteiger partial charge in [-0.1, -0.05) is 36.4 Å². The fourth-order valence-electron chi connectivity index (χ4n) is 2.27. The summed E-state index contributed by atoms with van der Waals surface area (Å²) in [6.45, 7) is 0.931. The summed E-state index contributed by atoms with van der Waals surface area (Å²) in [6.07, 6.45) is 8.47. The van der Waals surface area contributed by atoms with Gasteiger partial charge in [0.1, 0.15) is 0 Å². The minimum Gasteiger partial charge on any atom is -0.354 e. The molecule has 0 aliphatic carbocycles. The van der Waals surface area contributed by atoms with Gasteiger partial charge >= 0.3 is 0 Å². The summed E-state index contributed by atoms with van der Waals surface area (Å²) in [4.78, 5) is 4.55. The lowest BCUT2D eigenvalue weighted by Gasteiger charge is -2.17. The van der Waals surface area contributed by atoms with Crippen molar-refractivity contribution in [2.24, 2.45) is 0 Å². The number of fused-ring (bicyclic) bond motifs is 1. The van der Waals surface area contributed by atoms with E-state index in [0.717, 1.165) is 6.67 Å². The quantitative estimate of drug-likeness (QED) is 0.703. The van der Waals surface area contributed by atoms with Crippen LogP contribution in [0.3, 0.4) is 0 Å². The van der Waals surface area contributed by atoms with Gasteiger partial charge in [0, 0.05) is 13.2 Å². The molecule has 0 fully saturated rings. The molecule has 0 saturated heterocycles. The molecule has 2 aliphatic rings. The highest BCUT2D eigenvalue weighted by Crippen LogP contribution is 2.32. The molecular weight excluding hydrogens is 196 g/mol. The van der Waals surface area contributed by atoms with Crippen LogP contribution in [0.1, 0.15) is 5.56 Å². The lowest BCUT2D eigenvalue weighted by molar-refractivity contribution is 0.364. The van der Waals surface area contributed by atoms with Gasteiger partial charge in [0.25, 0.3) is 0 Å². The first-order chi connectivity index (χ1) is 7.86. The SMILES string of the molecule is CN1CN2C=CC=CC2=C1c1ccccc1. The van der Waals surface area contributed by atoms with E-state index in [2.05, 4.69) is 71.6 Å². The Bertz CT molecular complexity index is 483. The third-order valence-electron chi connectivity index (χ3n) is 2.98. The van der Waals surface area contributed by atoms with Gasteiger partial charge in [-0.05, 0) is 17.7 Å². The first kappa shape index (κ1) is 9.28. The van der Waals surface area contributed by atoms with Crippen molar-refractivity contribution in [3.63, 3.8) is 0 Å². The highest BCUT2D eigenvalue weighted by molar-refractivity contribution is 5.71.